The predicted molar refractivity (Wildman–Crippen MR) is 322 cm³/mol. The molecule has 14 nitrogen and oxygen atoms in total. The summed E-state index contributed by atoms with van der Waals surface area (Å²) in [6, 6.07) is -0.938. The van der Waals surface area contributed by atoms with E-state index in [0.29, 0.717) is 12.8 Å². The molecule has 0 radical (unpaired) electrons. The molecule has 2 heterocycles. The quantitative estimate of drug-likeness (QED) is 0.0204. The second-order valence-corrected chi connectivity index (χ2v) is 21.1. The van der Waals surface area contributed by atoms with Crippen molar-refractivity contribution >= 4 is 5.91 Å². The van der Waals surface area contributed by atoms with Crippen LogP contribution in [0.15, 0.2) is 122 Å². The fourth-order valence-corrected chi connectivity index (χ4v) is 9.20. The highest BCUT2D eigenvalue weighted by Gasteiger charge is 2.51. The molecule has 0 spiro atoms. The van der Waals surface area contributed by atoms with Crippen LogP contribution in [0.25, 0.3) is 0 Å². The Kier molecular flexibility index (Phi) is 45.3. The Morgan fingerprint density at radius 1 is 0.463 bits per heavy atom. The van der Waals surface area contributed by atoms with E-state index in [1.54, 1.807) is 6.08 Å². The maximum atomic E-state index is 13.2. The van der Waals surface area contributed by atoms with Crippen molar-refractivity contribution < 1.29 is 64.6 Å². The standard InChI is InChI=1S/C66H109NO13/c1-3-5-7-9-11-13-14-15-16-17-18-19-20-21-22-23-24-25-26-27-28-29-30-31-32-33-34-35-36-37-38-39-40-42-44-46-48-50-58(71)67-54(55(70)49-47-45-43-41-12-10-8-6-4-2)53-77-65-63(76)61(74)64(57(52-69)79-65)80-66-62(75)60(73)59(72)56(51-68)78-66/h5,7,11-13,15-16,18-19,21-22,24-25,27-28,30-31,41,47,49,54-57,59-66,68-70,72-76H,3-4,6,8-10,14,17,20,23,26,29,32-40,42-46,48,50-53H2,1-2H3,(H,67,71)/b7-5-,13-11-,16-15-,19-18-,22-21-,25-24-,28-27-,31-30-,41-12+,49-47+. The van der Waals surface area contributed by atoms with E-state index in [0.717, 1.165) is 96.3 Å². The Labute approximate surface area is 482 Å². The van der Waals surface area contributed by atoms with Crippen LogP contribution in [0.3, 0.4) is 0 Å². The molecule has 2 aliphatic heterocycles. The lowest BCUT2D eigenvalue weighted by Crippen LogP contribution is -2.65. The summed E-state index contributed by atoms with van der Waals surface area (Å²) < 4.78 is 22.7. The summed E-state index contributed by atoms with van der Waals surface area (Å²) in [5.41, 5.74) is 0. The van der Waals surface area contributed by atoms with Crippen molar-refractivity contribution in [2.75, 3.05) is 19.8 Å². The Morgan fingerprint density at radius 3 is 1.38 bits per heavy atom. The van der Waals surface area contributed by atoms with E-state index in [4.69, 9.17) is 18.9 Å². The molecule has 456 valence electrons. The second-order valence-electron chi connectivity index (χ2n) is 21.1. The van der Waals surface area contributed by atoms with Gasteiger partial charge in [0.1, 0.15) is 48.8 Å². The number of carbonyl (C=O) groups excluding carboxylic acids is 1. The molecule has 2 rings (SSSR count). The van der Waals surface area contributed by atoms with Gasteiger partial charge in [0.15, 0.2) is 12.6 Å². The van der Waals surface area contributed by atoms with E-state index in [9.17, 15) is 45.6 Å². The Balaban J connectivity index is 1.60. The van der Waals surface area contributed by atoms with E-state index in [1.807, 2.05) is 6.08 Å². The number of allylic oxidation sites excluding steroid dienone is 19. The molecule has 9 N–H and O–H groups in total. The lowest BCUT2D eigenvalue weighted by Gasteiger charge is -2.46. The normalized spacial score (nSPS) is 25.1. The molecule has 0 aromatic heterocycles. The molecule has 0 aromatic rings. The van der Waals surface area contributed by atoms with Crippen LogP contribution >= 0.6 is 0 Å². The maximum absolute atomic E-state index is 13.2. The molecule has 12 unspecified atom stereocenters. The van der Waals surface area contributed by atoms with Gasteiger partial charge in [0.2, 0.25) is 5.91 Å². The molecule has 80 heavy (non-hydrogen) atoms. The number of hydrogen-bond acceptors (Lipinski definition) is 13. The topological polar surface area (TPSA) is 228 Å². The third-order valence-corrected chi connectivity index (χ3v) is 14.1. The number of aliphatic hydroxyl groups excluding tert-OH is 8. The highest BCUT2D eigenvalue weighted by Crippen LogP contribution is 2.30. The van der Waals surface area contributed by atoms with Gasteiger partial charge >= 0.3 is 0 Å². The van der Waals surface area contributed by atoms with Gasteiger partial charge in [-0.1, -0.05) is 212 Å². The van der Waals surface area contributed by atoms with Gasteiger partial charge in [-0.05, 0) is 96.3 Å². The molecule has 14 heteroatoms. The average Bonchev–Trinajstić information content (AvgIpc) is 3.49. The molecule has 2 saturated heterocycles. The number of rotatable bonds is 47. The lowest BCUT2D eigenvalue weighted by atomic mass is 9.97. The first-order valence-electron chi connectivity index (χ1n) is 30.8. The number of amides is 1. The number of hydrogen-bond donors (Lipinski definition) is 9. The summed E-state index contributed by atoms with van der Waals surface area (Å²) in [7, 11) is 0. The van der Waals surface area contributed by atoms with Gasteiger partial charge in [0.05, 0.1) is 32.0 Å². The maximum Gasteiger partial charge on any atom is 0.220 e. The second kappa shape index (κ2) is 50.0. The predicted octanol–water partition coefficient (Wildman–Crippen LogP) is 11.0. The molecular weight excluding hydrogens is 1010 g/mol. The van der Waals surface area contributed by atoms with E-state index in [2.05, 4.69) is 129 Å². The van der Waals surface area contributed by atoms with Crippen molar-refractivity contribution in [2.45, 2.75) is 267 Å². The third-order valence-electron chi connectivity index (χ3n) is 14.1. The Hall–Kier alpha value is -3.61. The zero-order valence-electron chi connectivity index (χ0n) is 49.0. The largest absolute Gasteiger partial charge is 0.394 e. The fraction of sp³-hybridized carbons (Fsp3) is 0.682. The highest BCUT2D eigenvalue weighted by molar-refractivity contribution is 5.76. The van der Waals surface area contributed by atoms with Gasteiger partial charge in [0, 0.05) is 6.42 Å². The summed E-state index contributed by atoms with van der Waals surface area (Å²) >= 11 is 0. The van der Waals surface area contributed by atoms with Crippen LogP contribution in [0.4, 0.5) is 0 Å². The van der Waals surface area contributed by atoms with Crippen molar-refractivity contribution in [3.8, 4) is 0 Å². The fourth-order valence-electron chi connectivity index (χ4n) is 9.20. The van der Waals surface area contributed by atoms with Crippen LogP contribution in [-0.4, -0.2) is 140 Å². The van der Waals surface area contributed by atoms with E-state index in [1.165, 1.54) is 64.2 Å². The van der Waals surface area contributed by atoms with E-state index >= 15 is 0 Å². The zero-order valence-corrected chi connectivity index (χ0v) is 49.0. The van der Waals surface area contributed by atoms with Crippen molar-refractivity contribution in [2.24, 2.45) is 0 Å². The van der Waals surface area contributed by atoms with Gasteiger partial charge in [-0.25, -0.2) is 0 Å². The van der Waals surface area contributed by atoms with E-state index in [-0.39, 0.29) is 18.9 Å². The molecule has 0 aliphatic carbocycles. The number of ether oxygens (including phenoxy) is 4. The highest BCUT2D eigenvalue weighted by atomic mass is 16.7. The van der Waals surface area contributed by atoms with Crippen LogP contribution in [-0.2, 0) is 23.7 Å². The lowest BCUT2D eigenvalue weighted by molar-refractivity contribution is -0.359. The summed E-state index contributed by atoms with van der Waals surface area (Å²) in [5.74, 6) is -0.260. The minimum atomic E-state index is -1.79. The van der Waals surface area contributed by atoms with Gasteiger partial charge in [-0.3, -0.25) is 4.79 Å². The van der Waals surface area contributed by atoms with Crippen LogP contribution in [0, 0.1) is 0 Å². The average molecular weight is 1120 g/mol. The first-order chi connectivity index (χ1) is 39.1. The van der Waals surface area contributed by atoms with Gasteiger partial charge < -0.3 is 65.1 Å². The van der Waals surface area contributed by atoms with Crippen molar-refractivity contribution in [1.29, 1.82) is 0 Å². The van der Waals surface area contributed by atoms with Crippen LogP contribution in [0.5, 0.6) is 0 Å². The minimum absolute atomic E-state index is 0.260. The Bertz CT molecular complexity index is 1800. The minimum Gasteiger partial charge on any atom is -0.394 e. The summed E-state index contributed by atoms with van der Waals surface area (Å²) in [6.07, 6.45) is 55.6. The van der Waals surface area contributed by atoms with Crippen molar-refractivity contribution in [3.63, 3.8) is 0 Å². The number of nitrogens with one attached hydrogen (secondary N) is 1. The zero-order chi connectivity index (χ0) is 58.1. The first-order valence-corrected chi connectivity index (χ1v) is 30.8. The number of unbranched alkanes of at least 4 members (excludes halogenated alkanes) is 16. The van der Waals surface area contributed by atoms with Crippen molar-refractivity contribution in [3.05, 3.63) is 122 Å². The molecule has 12 atom stereocenters. The molecule has 0 aromatic carbocycles. The van der Waals surface area contributed by atoms with Gasteiger partial charge in [-0.2, -0.15) is 0 Å². The van der Waals surface area contributed by atoms with Crippen molar-refractivity contribution in [1.82, 2.24) is 5.32 Å². The molecule has 0 bridgehead atoms. The van der Waals surface area contributed by atoms with Gasteiger partial charge in [0.25, 0.3) is 0 Å². The Morgan fingerprint density at radius 2 is 0.875 bits per heavy atom. The molecule has 1 amide bonds. The van der Waals surface area contributed by atoms with Gasteiger partial charge in [-0.15, -0.1) is 0 Å². The summed E-state index contributed by atoms with van der Waals surface area (Å²) in [4.78, 5) is 13.2. The van der Waals surface area contributed by atoms with E-state index < -0.39 is 86.8 Å². The van der Waals surface area contributed by atoms with Crippen LogP contribution < -0.4 is 5.32 Å². The first kappa shape index (κ1) is 72.5. The molecule has 2 fully saturated rings. The summed E-state index contributed by atoms with van der Waals surface area (Å²) in [5, 5.41) is 86.8. The monoisotopic (exact) mass is 1120 g/mol. The molecular formula is C66H109NO13. The third kappa shape index (κ3) is 34.7. The molecule has 0 saturated carbocycles. The summed E-state index contributed by atoms with van der Waals surface area (Å²) in [6.45, 7) is 2.58. The molecule has 2 aliphatic rings. The van der Waals surface area contributed by atoms with Crippen LogP contribution in [0.1, 0.15) is 194 Å². The number of carbonyl (C=O) groups is 1. The number of aliphatic hydroxyl groups is 8. The SMILES string of the molecule is CC/C=C\C/C=C\C/C=C\C/C=C\C/C=C\C/C=C\C/C=C\C/C=C\CCCCCCCCCCCCCCC(=O)NC(COC1OC(CO)C(OC2OC(CO)C(O)C(O)C2O)C(O)C1O)C(O)/C=C/CC/C=C/CCCCC. The smallest absolute Gasteiger partial charge is 0.220 e. The van der Waals surface area contributed by atoms with Crippen LogP contribution in [0.2, 0.25) is 0 Å².